The zero-order valence-corrected chi connectivity index (χ0v) is 9.15. The van der Waals surface area contributed by atoms with Gasteiger partial charge in [0.15, 0.2) is 0 Å². The zero-order valence-electron chi connectivity index (χ0n) is 8.33. The molecule has 5 heteroatoms. The molecule has 4 nitrogen and oxygen atoms in total. The van der Waals surface area contributed by atoms with Gasteiger partial charge in [-0.15, -0.1) is 0 Å². The normalized spacial score (nSPS) is 24.9. The predicted molar refractivity (Wildman–Crippen MR) is 55.2 cm³/mol. The smallest absolute Gasteiger partial charge is 0.211 e. The summed E-state index contributed by atoms with van der Waals surface area (Å²) in [5, 5.41) is 0. The van der Waals surface area contributed by atoms with E-state index < -0.39 is 10.0 Å². The number of sulfonamides is 1. The van der Waals surface area contributed by atoms with Gasteiger partial charge in [-0.25, -0.2) is 13.1 Å². The van der Waals surface area contributed by atoms with Crippen LogP contribution in [0.2, 0.25) is 0 Å². The van der Waals surface area contributed by atoms with Crippen LogP contribution in [-0.4, -0.2) is 27.3 Å². The highest BCUT2D eigenvalue weighted by molar-refractivity contribution is 7.89. The molecule has 0 unspecified atom stereocenters. The fourth-order valence-corrected chi connectivity index (χ4v) is 3.14. The number of nitrogens with two attached hydrogens (primary N) is 1. The Morgan fingerprint density at radius 2 is 2.00 bits per heavy atom. The minimum Gasteiger partial charge on any atom is -0.330 e. The molecule has 2 saturated carbocycles. The molecule has 0 aliphatic heterocycles. The molecule has 0 radical (unpaired) electrons. The zero-order chi connectivity index (χ0) is 10.2. The molecule has 82 valence electrons. The lowest BCUT2D eigenvalue weighted by atomic mass is 10.1. The van der Waals surface area contributed by atoms with Gasteiger partial charge < -0.3 is 5.73 Å². The molecular formula is C9H18N2O2S. The van der Waals surface area contributed by atoms with Gasteiger partial charge in [-0.2, -0.15) is 0 Å². The summed E-state index contributed by atoms with van der Waals surface area (Å²) in [6, 6.07) is 0. The van der Waals surface area contributed by atoms with Crippen molar-refractivity contribution in [3.05, 3.63) is 0 Å². The van der Waals surface area contributed by atoms with Crippen LogP contribution in [0.25, 0.3) is 0 Å². The lowest BCUT2D eigenvalue weighted by molar-refractivity contribution is 0.500. The average Bonchev–Trinajstić information content (AvgIpc) is 2.96. The van der Waals surface area contributed by atoms with E-state index in [1.807, 2.05) is 0 Å². The Kier molecular flexibility index (Phi) is 2.57. The highest BCUT2D eigenvalue weighted by atomic mass is 32.2. The first-order valence-corrected chi connectivity index (χ1v) is 6.88. The number of hydrogen-bond acceptors (Lipinski definition) is 3. The lowest BCUT2D eigenvalue weighted by Gasteiger charge is -2.13. The van der Waals surface area contributed by atoms with Crippen LogP contribution in [0.1, 0.15) is 25.7 Å². The molecule has 0 saturated heterocycles. The summed E-state index contributed by atoms with van der Waals surface area (Å²) in [5.41, 5.74) is 5.67. The molecule has 2 aliphatic rings. The Morgan fingerprint density at radius 1 is 1.36 bits per heavy atom. The van der Waals surface area contributed by atoms with E-state index in [-0.39, 0.29) is 5.41 Å². The van der Waals surface area contributed by atoms with Crippen molar-refractivity contribution in [3.63, 3.8) is 0 Å². The minimum atomic E-state index is -3.03. The molecule has 0 aromatic heterocycles. The summed E-state index contributed by atoms with van der Waals surface area (Å²) >= 11 is 0. The number of nitrogens with one attached hydrogen (secondary N) is 1. The molecule has 2 rings (SSSR count). The second-order valence-electron chi connectivity index (χ2n) is 4.75. The van der Waals surface area contributed by atoms with Crippen molar-refractivity contribution < 1.29 is 8.42 Å². The molecule has 0 amide bonds. The summed E-state index contributed by atoms with van der Waals surface area (Å²) in [6.45, 7) is 1.14. The Bertz CT molecular complexity index is 305. The molecule has 0 aromatic rings. The molecule has 0 bridgehead atoms. The van der Waals surface area contributed by atoms with Crippen molar-refractivity contribution in [1.82, 2.24) is 4.72 Å². The molecule has 0 spiro atoms. The third kappa shape index (κ3) is 2.68. The van der Waals surface area contributed by atoms with Crippen LogP contribution in [0.4, 0.5) is 0 Å². The van der Waals surface area contributed by atoms with E-state index in [2.05, 4.69) is 4.72 Å². The summed E-state index contributed by atoms with van der Waals surface area (Å²) in [7, 11) is -3.03. The van der Waals surface area contributed by atoms with Gasteiger partial charge in [-0.1, -0.05) is 0 Å². The van der Waals surface area contributed by atoms with Crippen LogP contribution < -0.4 is 10.5 Å². The topological polar surface area (TPSA) is 72.2 Å². The molecule has 3 N–H and O–H groups in total. The van der Waals surface area contributed by atoms with Gasteiger partial charge in [0.05, 0.1) is 5.75 Å². The summed E-state index contributed by atoms with van der Waals surface area (Å²) in [4.78, 5) is 0. The Balaban J connectivity index is 1.78. The quantitative estimate of drug-likeness (QED) is 0.662. The predicted octanol–water partition coefficient (Wildman–Crippen LogP) is 0.0547. The molecule has 0 aromatic carbocycles. The Morgan fingerprint density at radius 3 is 2.43 bits per heavy atom. The van der Waals surface area contributed by atoms with E-state index in [0.29, 0.717) is 24.8 Å². The van der Waals surface area contributed by atoms with Crippen molar-refractivity contribution in [2.45, 2.75) is 25.7 Å². The lowest BCUT2D eigenvalue weighted by Crippen LogP contribution is -2.35. The van der Waals surface area contributed by atoms with E-state index in [0.717, 1.165) is 25.7 Å². The van der Waals surface area contributed by atoms with Gasteiger partial charge in [0.1, 0.15) is 0 Å². The Labute approximate surface area is 85.3 Å². The highest BCUT2D eigenvalue weighted by Crippen LogP contribution is 2.43. The maximum absolute atomic E-state index is 11.5. The third-order valence-corrected chi connectivity index (χ3v) is 4.70. The van der Waals surface area contributed by atoms with E-state index in [1.54, 1.807) is 0 Å². The van der Waals surface area contributed by atoms with Crippen molar-refractivity contribution in [1.29, 1.82) is 0 Å². The van der Waals surface area contributed by atoms with E-state index in [1.165, 1.54) is 0 Å². The van der Waals surface area contributed by atoms with Crippen molar-refractivity contribution in [2.24, 2.45) is 17.1 Å². The van der Waals surface area contributed by atoms with Crippen molar-refractivity contribution in [2.75, 3.05) is 18.8 Å². The minimum absolute atomic E-state index is 0.0939. The van der Waals surface area contributed by atoms with E-state index in [9.17, 15) is 8.42 Å². The molecule has 0 atom stereocenters. The molecule has 0 heterocycles. The van der Waals surface area contributed by atoms with Crippen LogP contribution in [0, 0.1) is 11.3 Å². The van der Waals surface area contributed by atoms with Crippen LogP contribution in [0.15, 0.2) is 0 Å². The van der Waals surface area contributed by atoms with E-state index >= 15 is 0 Å². The Hall–Kier alpha value is -0.130. The number of rotatable bonds is 6. The van der Waals surface area contributed by atoms with Gasteiger partial charge in [0.2, 0.25) is 10.0 Å². The highest BCUT2D eigenvalue weighted by Gasteiger charge is 2.42. The van der Waals surface area contributed by atoms with Gasteiger partial charge >= 0.3 is 0 Å². The molecule has 14 heavy (non-hydrogen) atoms. The van der Waals surface area contributed by atoms with Crippen molar-refractivity contribution >= 4 is 10.0 Å². The fraction of sp³-hybridized carbons (Fsp3) is 1.00. The van der Waals surface area contributed by atoms with Gasteiger partial charge in [0.25, 0.3) is 0 Å². The monoisotopic (exact) mass is 218 g/mol. The average molecular weight is 218 g/mol. The summed E-state index contributed by atoms with van der Waals surface area (Å²) in [5.74, 6) is 0.730. The van der Waals surface area contributed by atoms with Gasteiger partial charge in [0, 0.05) is 6.54 Å². The van der Waals surface area contributed by atoms with E-state index in [4.69, 9.17) is 5.73 Å². The molecular weight excluding hydrogens is 200 g/mol. The van der Waals surface area contributed by atoms with Crippen LogP contribution in [-0.2, 0) is 10.0 Å². The third-order valence-electron chi connectivity index (χ3n) is 3.21. The molecule has 2 aliphatic carbocycles. The maximum Gasteiger partial charge on any atom is 0.211 e. The standard InChI is InChI=1S/C9H18N2O2S/c10-6-9(3-4-9)7-11-14(12,13)5-8-1-2-8/h8,11H,1-7,10H2. The first-order chi connectivity index (χ1) is 6.55. The maximum atomic E-state index is 11.5. The summed E-state index contributed by atoms with van der Waals surface area (Å²) in [6.07, 6.45) is 4.27. The fourth-order valence-electron chi connectivity index (χ4n) is 1.55. The first-order valence-electron chi connectivity index (χ1n) is 5.23. The van der Waals surface area contributed by atoms with Crippen LogP contribution in [0.3, 0.4) is 0 Å². The SMILES string of the molecule is NCC1(CNS(=O)(=O)CC2CC2)CC1. The second kappa shape index (κ2) is 3.47. The summed E-state index contributed by atoms with van der Waals surface area (Å²) < 4.78 is 25.7. The number of hydrogen-bond donors (Lipinski definition) is 2. The van der Waals surface area contributed by atoms with Crippen molar-refractivity contribution in [3.8, 4) is 0 Å². The van der Waals surface area contributed by atoms with Crippen LogP contribution in [0.5, 0.6) is 0 Å². The van der Waals surface area contributed by atoms with Gasteiger partial charge in [-0.3, -0.25) is 0 Å². The molecule has 2 fully saturated rings. The van der Waals surface area contributed by atoms with Crippen LogP contribution >= 0.6 is 0 Å². The largest absolute Gasteiger partial charge is 0.330 e. The second-order valence-corrected chi connectivity index (χ2v) is 6.60. The first kappa shape index (κ1) is 10.4. The van der Waals surface area contributed by atoms with Gasteiger partial charge in [-0.05, 0) is 43.6 Å².